The summed E-state index contributed by atoms with van der Waals surface area (Å²) in [6.07, 6.45) is 5.38. The molecule has 90 valence electrons. The van der Waals surface area contributed by atoms with Crippen LogP contribution in [0, 0.1) is 0 Å². The lowest BCUT2D eigenvalue weighted by atomic mass is 9.82. The fourth-order valence-corrected chi connectivity index (χ4v) is 2.78. The minimum Gasteiger partial charge on any atom is -0.332 e. The number of hydrogen-bond acceptors (Lipinski definition) is 6. The number of rotatable bonds is 2. The summed E-state index contributed by atoms with van der Waals surface area (Å²) in [6, 6.07) is 0. The Morgan fingerprint density at radius 1 is 1.29 bits per heavy atom. The fourth-order valence-electron chi connectivity index (χ4n) is 2.25. The first-order chi connectivity index (χ1) is 8.28. The molecular weight excluding hydrogens is 236 g/mol. The van der Waals surface area contributed by atoms with E-state index in [-0.39, 0.29) is 0 Å². The van der Waals surface area contributed by atoms with Gasteiger partial charge in [-0.3, -0.25) is 0 Å². The summed E-state index contributed by atoms with van der Waals surface area (Å²) in [4.78, 5) is 8.54. The van der Waals surface area contributed by atoms with Gasteiger partial charge in [0, 0.05) is 5.38 Å². The van der Waals surface area contributed by atoms with Crippen molar-refractivity contribution in [3.8, 4) is 11.6 Å². The minimum absolute atomic E-state index is 0.407. The fraction of sp³-hybridized carbons (Fsp3) is 0.545. The zero-order valence-electron chi connectivity index (χ0n) is 9.43. The monoisotopic (exact) mass is 250 g/mol. The second-order valence-electron chi connectivity index (χ2n) is 4.51. The quantitative estimate of drug-likeness (QED) is 0.884. The van der Waals surface area contributed by atoms with E-state index in [2.05, 4.69) is 15.1 Å². The van der Waals surface area contributed by atoms with Crippen molar-refractivity contribution in [1.29, 1.82) is 0 Å². The van der Waals surface area contributed by atoms with Gasteiger partial charge in [0.15, 0.2) is 5.82 Å². The summed E-state index contributed by atoms with van der Waals surface area (Å²) in [6.45, 7) is 0. The van der Waals surface area contributed by atoms with Gasteiger partial charge in [0.2, 0.25) is 0 Å². The van der Waals surface area contributed by atoms with Crippen molar-refractivity contribution in [1.82, 2.24) is 15.1 Å². The van der Waals surface area contributed by atoms with E-state index in [0.717, 1.165) is 31.4 Å². The van der Waals surface area contributed by atoms with Gasteiger partial charge in [0.1, 0.15) is 5.69 Å². The molecule has 0 radical (unpaired) electrons. The highest BCUT2D eigenvalue weighted by Gasteiger charge is 2.34. The Labute approximate surface area is 103 Å². The van der Waals surface area contributed by atoms with Gasteiger partial charge in [-0.1, -0.05) is 24.4 Å². The molecule has 0 atom stereocenters. The van der Waals surface area contributed by atoms with Crippen molar-refractivity contribution < 1.29 is 4.52 Å². The van der Waals surface area contributed by atoms with E-state index in [4.69, 9.17) is 10.3 Å². The van der Waals surface area contributed by atoms with Gasteiger partial charge in [0.25, 0.3) is 5.89 Å². The second kappa shape index (κ2) is 4.19. The predicted octanol–water partition coefficient (Wildman–Crippen LogP) is 2.31. The van der Waals surface area contributed by atoms with E-state index < -0.39 is 5.54 Å². The van der Waals surface area contributed by atoms with Gasteiger partial charge in [-0.25, -0.2) is 4.98 Å². The van der Waals surface area contributed by atoms with Crippen molar-refractivity contribution in [2.75, 3.05) is 0 Å². The van der Waals surface area contributed by atoms with E-state index in [0.29, 0.717) is 11.7 Å². The van der Waals surface area contributed by atoms with Gasteiger partial charge < -0.3 is 10.3 Å². The summed E-state index contributed by atoms with van der Waals surface area (Å²) in [5.41, 5.74) is 8.42. The zero-order valence-corrected chi connectivity index (χ0v) is 10.2. The molecule has 1 fully saturated rings. The standard InChI is InChI=1S/C11H14N4OS/c12-11(4-2-1-3-5-11)10-14-9(16-15-10)8-6-17-7-13-8/h6-7H,1-5,12H2. The topological polar surface area (TPSA) is 77.8 Å². The second-order valence-corrected chi connectivity index (χ2v) is 5.23. The molecule has 1 saturated carbocycles. The number of aromatic nitrogens is 3. The molecule has 0 aliphatic heterocycles. The molecule has 2 heterocycles. The molecule has 0 saturated heterocycles. The number of thiazole rings is 1. The Morgan fingerprint density at radius 3 is 2.82 bits per heavy atom. The summed E-state index contributed by atoms with van der Waals surface area (Å²) in [5.74, 6) is 1.09. The van der Waals surface area contributed by atoms with Crippen LogP contribution in [0.15, 0.2) is 15.4 Å². The third-order valence-electron chi connectivity index (χ3n) is 3.27. The third kappa shape index (κ3) is 1.98. The van der Waals surface area contributed by atoms with Gasteiger partial charge in [0.05, 0.1) is 11.0 Å². The normalized spacial score (nSPS) is 19.4. The van der Waals surface area contributed by atoms with Crippen molar-refractivity contribution in [2.45, 2.75) is 37.6 Å². The first-order valence-corrected chi connectivity index (χ1v) is 6.74. The molecule has 0 unspecified atom stereocenters. The lowest BCUT2D eigenvalue weighted by Gasteiger charge is -2.29. The molecule has 3 rings (SSSR count). The molecule has 0 spiro atoms. The van der Waals surface area contributed by atoms with Gasteiger partial charge in [-0.05, 0) is 12.8 Å². The van der Waals surface area contributed by atoms with E-state index in [9.17, 15) is 0 Å². The highest BCUT2D eigenvalue weighted by molar-refractivity contribution is 7.07. The van der Waals surface area contributed by atoms with Gasteiger partial charge in [-0.2, -0.15) is 4.98 Å². The summed E-state index contributed by atoms with van der Waals surface area (Å²) in [7, 11) is 0. The Kier molecular flexibility index (Phi) is 2.68. The van der Waals surface area contributed by atoms with E-state index in [1.165, 1.54) is 17.8 Å². The largest absolute Gasteiger partial charge is 0.332 e. The van der Waals surface area contributed by atoms with Crippen molar-refractivity contribution in [3.63, 3.8) is 0 Å². The van der Waals surface area contributed by atoms with Crippen LogP contribution in [0.2, 0.25) is 0 Å². The molecule has 0 bridgehead atoms. The van der Waals surface area contributed by atoms with Crippen LogP contribution in [-0.2, 0) is 5.54 Å². The Hall–Kier alpha value is -1.27. The van der Waals surface area contributed by atoms with Crippen LogP contribution in [0.5, 0.6) is 0 Å². The maximum Gasteiger partial charge on any atom is 0.277 e. The number of nitrogens with zero attached hydrogens (tertiary/aromatic N) is 3. The van der Waals surface area contributed by atoms with Crippen molar-refractivity contribution in [2.24, 2.45) is 5.73 Å². The molecule has 0 amide bonds. The average Bonchev–Trinajstić information content (AvgIpc) is 3.01. The molecule has 1 aliphatic carbocycles. The van der Waals surface area contributed by atoms with Crippen molar-refractivity contribution in [3.05, 3.63) is 16.7 Å². The molecule has 2 N–H and O–H groups in total. The SMILES string of the molecule is NC1(c2noc(-c3cscn3)n2)CCCCC1. The summed E-state index contributed by atoms with van der Waals surface area (Å²) < 4.78 is 5.23. The first kappa shape index (κ1) is 10.9. The Bertz CT molecular complexity index is 487. The number of nitrogens with two attached hydrogens (primary N) is 1. The van der Waals surface area contributed by atoms with Crippen LogP contribution in [0.25, 0.3) is 11.6 Å². The molecule has 2 aromatic heterocycles. The predicted molar refractivity (Wildman–Crippen MR) is 64.4 cm³/mol. The first-order valence-electron chi connectivity index (χ1n) is 5.80. The van der Waals surface area contributed by atoms with E-state index in [1.54, 1.807) is 5.51 Å². The molecule has 17 heavy (non-hydrogen) atoms. The third-order valence-corrected chi connectivity index (χ3v) is 3.86. The maximum absolute atomic E-state index is 6.34. The molecule has 5 nitrogen and oxygen atoms in total. The molecule has 0 aromatic carbocycles. The Balaban J connectivity index is 1.89. The van der Waals surface area contributed by atoms with Crippen molar-refractivity contribution >= 4 is 11.3 Å². The summed E-state index contributed by atoms with van der Waals surface area (Å²) >= 11 is 1.51. The highest BCUT2D eigenvalue weighted by Crippen LogP contribution is 2.33. The summed E-state index contributed by atoms with van der Waals surface area (Å²) in [5, 5.41) is 5.91. The zero-order chi connectivity index (χ0) is 11.7. The van der Waals surface area contributed by atoms with Crippen LogP contribution in [0.3, 0.4) is 0 Å². The van der Waals surface area contributed by atoms with Crippen LogP contribution in [0.1, 0.15) is 37.9 Å². The van der Waals surface area contributed by atoms with Crippen LogP contribution in [0.4, 0.5) is 0 Å². The molecule has 2 aromatic rings. The maximum atomic E-state index is 6.34. The highest BCUT2D eigenvalue weighted by atomic mass is 32.1. The van der Waals surface area contributed by atoms with Crippen LogP contribution >= 0.6 is 11.3 Å². The average molecular weight is 250 g/mol. The van der Waals surface area contributed by atoms with Gasteiger partial charge in [-0.15, -0.1) is 11.3 Å². The Morgan fingerprint density at radius 2 is 2.12 bits per heavy atom. The van der Waals surface area contributed by atoms with E-state index >= 15 is 0 Å². The molecule has 1 aliphatic rings. The smallest absolute Gasteiger partial charge is 0.277 e. The lowest BCUT2D eigenvalue weighted by Crippen LogP contribution is -2.39. The van der Waals surface area contributed by atoms with E-state index in [1.807, 2.05) is 5.38 Å². The van der Waals surface area contributed by atoms with Crippen LogP contribution < -0.4 is 5.73 Å². The van der Waals surface area contributed by atoms with Crippen LogP contribution in [-0.4, -0.2) is 15.1 Å². The molecular formula is C11H14N4OS. The van der Waals surface area contributed by atoms with Gasteiger partial charge >= 0.3 is 0 Å². The minimum atomic E-state index is -0.407. The lowest BCUT2D eigenvalue weighted by molar-refractivity contribution is 0.275. The number of hydrogen-bond donors (Lipinski definition) is 1. The molecule has 6 heteroatoms.